The Labute approximate surface area is 772 Å². The van der Waals surface area contributed by atoms with E-state index in [0.717, 1.165) is 181 Å². The van der Waals surface area contributed by atoms with Gasteiger partial charge in [-0.05, 0) is 230 Å². The Balaban J connectivity index is 0.000000135. The van der Waals surface area contributed by atoms with E-state index in [0.29, 0.717) is 72.7 Å². The molecule has 14 atom stereocenters. The van der Waals surface area contributed by atoms with E-state index in [1.807, 2.05) is 56.5 Å². The number of thioether (sulfide) groups is 1. The van der Waals surface area contributed by atoms with Crippen LogP contribution in [0.5, 0.6) is 0 Å². The molecule has 20 rings (SSSR count). The number of benzene rings is 3. The number of sulfone groups is 1. The number of likely N-dealkylation sites (tertiary alicyclic amines) is 2. The number of hydroxylamine groups is 2. The Morgan fingerprint density at radius 2 is 1.05 bits per heavy atom. The first kappa shape index (κ1) is 101. The number of likely N-dealkylation sites (N-methyl/N-ethyl adjacent to an activating group) is 1. The summed E-state index contributed by atoms with van der Waals surface area (Å²) >= 11 is 14.8. The zero-order chi connectivity index (χ0) is 93.3. The molecule has 0 spiro atoms. The van der Waals surface area contributed by atoms with Crippen LogP contribution in [0.3, 0.4) is 0 Å². The first-order valence-electron chi connectivity index (χ1n) is 46.2. The first-order valence-corrected chi connectivity index (χ1v) is 50.8. The molecule has 32 nitrogen and oxygen atoms in total. The number of nitrogens with one attached hydrogen (secondary N) is 1. The van der Waals surface area contributed by atoms with Crippen molar-refractivity contribution in [3.63, 3.8) is 0 Å². The number of hydrogen-bond acceptors (Lipinski definition) is 26. The number of aromatic nitrogens is 2. The van der Waals surface area contributed by atoms with Crippen molar-refractivity contribution in [1.82, 2.24) is 59.5 Å². The number of aryl methyl sites for hydroxylation is 1. The van der Waals surface area contributed by atoms with Gasteiger partial charge in [-0.2, -0.15) is 8.42 Å². The lowest BCUT2D eigenvalue weighted by molar-refractivity contribution is -0.174. The number of rotatable bonds is 11. The van der Waals surface area contributed by atoms with Gasteiger partial charge >= 0.3 is 11.9 Å². The van der Waals surface area contributed by atoms with Crippen molar-refractivity contribution in [3.8, 4) is 0 Å². The molecule has 0 bridgehead atoms. The zero-order valence-corrected chi connectivity index (χ0v) is 80.5. The largest absolute Gasteiger partial charge is 0.480 e. The highest BCUT2D eigenvalue weighted by molar-refractivity contribution is 8.00. The summed E-state index contributed by atoms with van der Waals surface area (Å²) in [5.74, 6) is -0.355. The maximum atomic E-state index is 13.5. The van der Waals surface area contributed by atoms with E-state index < -0.39 is 43.2 Å². The molecule has 17 heterocycles. The highest BCUT2D eigenvalue weighted by Crippen LogP contribution is 2.46. The van der Waals surface area contributed by atoms with E-state index in [1.165, 1.54) is 82.7 Å². The predicted molar refractivity (Wildman–Crippen MR) is 489 cm³/mol. The van der Waals surface area contributed by atoms with Gasteiger partial charge in [0.25, 0.3) is 16.0 Å². The molecule has 15 saturated heterocycles. The summed E-state index contributed by atoms with van der Waals surface area (Å²) in [6.45, 7) is 29.6. The Kier molecular flexibility index (Phi) is 34.5. The van der Waals surface area contributed by atoms with Crippen LogP contribution in [0.1, 0.15) is 227 Å². The van der Waals surface area contributed by atoms with Crippen molar-refractivity contribution in [1.29, 1.82) is 0 Å². The van der Waals surface area contributed by atoms with Crippen molar-refractivity contribution >= 4 is 124 Å². The van der Waals surface area contributed by atoms with E-state index in [2.05, 4.69) is 55.7 Å². The number of oxazole rings is 2. The molecular formula is C92H134Cl2N12O20S3. The summed E-state index contributed by atoms with van der Waals surface area (Å²) in [6.07, 6.45) is 21.8. The van der Waals surface area contributed by atoms with Gasteiger partial charge in [-0.15, -0.1) is 11.8 Å². The van der Waals surface area contributed by atoms with Crippen LogP contribution >= 0.6 is 35.0 Å². The summed E-state index contributed by atoms with van der Waals surface area (Å²) in [6, 6.07) is 14.7. The molecule has 5 N–H and O–H groups in total. The number of carbonyl (C=O) groups excluding carboxylic acids is 6. The molecule has 15 fully saturated rings. The lowest BCUT2D eigenvalue weighted by atomic mass is 9.97. The highest BCUT2D eigenvalue weighted by atomic mass is 35.5. The first-order chi connectivity index (χ1) is 61.1. The number of carboxylic acids is 2. The van der Waals surface area contributed by atoms with Crippen molar-refractivity contribution in [3.05, 3.63) is 75.9 Å². The van der Waals surface area contributed by atoms with Crippen molar-refractivity contribution in [2.24, 2.45) is 0 Å². The molecule has 37 heteroatoms. The third-order valence-electron chi connectivity index (χ3n) is 27.5. The minimum absolute atomic E-state index is 0.00694. The lowest BCUT2D eigenvalue weighted by Crippen LogP contribution is -2.45. The van der Waals surface area contributed by atoms with E-state index in [4.69, 9.17) is 51.3 Å². The number of halogens is 2. The fraction of sp³-hybridized carbons (Fsp3) is 0.696. The van der Waals surface area contributed by atoms with Gasteiger partial charge in [-0.3, -0.25) is 62.2 Å². The fourth-order valence-electron chi connectivity index (χ4n) is 20.6. The third kappa shape index (κ3) is 24.4. The number of hydrogen-bond donors (Lipinski definition) is 5. The number of nitrogens with zero attached hydrogens (tertiary/aromatic N) is 11. The molecule has 129 heavy (non-hydrogen) atoms. The topological polar surface area (TPSA) is 397 Å². The van der Waals surface area contributed by atoms with Crippen LogP contribution in [0.25, 0.3) is 22.2 Å². The SMILES string of the molecule is CC(=O)N1CCC[C@H]1C(=O)O.CC(C)(C)c1nc2ccc(Cl)c(S(=O)(=O)[C@H]3CCN4CCC[C@@H]34)c2o1.CC(C)(C)c1nc2ccc(Cl)c(S[C@H]3CCN4CCC[C@@H]34)c2o1.CON(C)C(=O)[C@@H]1CCCN1C(C)=O.Cc1ccc(S(=O)(=O)OC2CCN3CCC[C@@H]23)cc1.O=C(O)[C@@H]1CCCN1.O=C1CC(=O)N2CCC[C@@H]12.O=C1CC(O)[C@@H]2CCCN12.OC1CCN2CCC[C@@H]12. The maximum Gasteiger partial charge on any atom is 0.326 e. The van der Waals surface area contributed by atoms with Crippen LogP contribution < -0.4 is 5.32 Å². The zero-order valence-electron chi connectivity index (χ0n) is 76.6. The van der Waals surface area contributed by atoms with Gasteiger partial charge in [-0.25, -0.2) is 28.2 Å². The van der Waals surface area contributed by atoms with E-state index in [1.54, 1.807) is 53.2 Å². The Bertz CT molecular complexity index is 4970. The number of carbonyl (C=O) groups is 8. The second kappa shape index (κ2) is 44.0. The number of aliphatic hydroxyl groups is 2. The number of aliphatic carboxylic acids is 2. The molecule has 0 saturated carbocycles. The molecule has 3 aromatic carbocycles. The van der Waals surface area contributed by atoms with Gasteiger partial charge in [0.05, 0.1) is 75.4 Å². The van der Waals surface area contributed by atoms with Gasteiger partial charge in [0.1, 0.15) is 34.1 Å². The predicted octanol–water partition coefficient (Wildman–Crippen LogP) is 10.7. The van der Waals surface area contributed by atoms with Crippen LogP contribution in [-0.4, -0.2) is 321 Å². The molecule has 714 valence electrons. The van der Waals surface area contributed by atoms with Crippen LogP contribution in [-0.2, 0) is 78.2 Å². The second-order valence-corrected chi connectivity index (χ2v) is 44.1. The van der Waals surface area contributed by atoms with E-state index >= 15 is 0 Å². The second-order valence-electron chi connectivity index (χ2n) is 38.4. The standard InChI is InChI=1S/C18H23ClN2O3S.C18H23ClN2OS.C14H19NO3S.C9H16N2O3.C7H11NO3.C7H11NO2.C7H9NO2.C7H13NO.C5H9NO2/c1-18(2,3)17-20-12-7-6-11(19)16(15(12)24-17)25(22,23)14-8-10-21-9-4-5-13(14)21;1-18(2,3)17-20-12-7-6-11(19)16(15(12)22-17)23-14-8-10-21-9-4-5-13(14)21;1-11-4-6-12(7-5-11)19(16,17)18-14-8-10-15-9-2-3-13(14)15;1-7(12)11-6-4-5-8(11)9(13)10(2)14-3;1-5(9)8-4-2-3-6(8)7(10)11;2*9-6-4-7(10)8-3-1-2-5(6)8;9-7-3-5-8-4-1-2-6(7)8;7-5(8)4-2-1-3-6-4/h6-7,13-14H,4-5,8-10H2,1-3H3;6-7,13-14H,4-5,8-10H2,1-3H3;4-7,13-14H,2-3,8-10H2,1H3;8H,4-6H2,1-3H3;6H,2-4H2,1H3,(H,10,11);5-6,9H,1-4H2;5H,1-4H2;6-7,9H,1-5H2;4,6H,1-3H2,(H,7,8)/t2*13-,14-;13-,14?;8-;6-;5-,6?;5-;6-,7?;4-/m000000000/s1. The molecule has 5 aromatic rings. The van der Waals surface area contributed by atoms with Gasteiger partial charge in [-0.1, -0.05) is 82.4 Å². The van der Waals surface area contributed by atoms with Crippen molar-refractivity contribution in [2.45, 2.75) is 325 Å². The number of ketones is 1. The molecule has 0 aliphatic carbocycles. The quantitative estimate of drug-likeness (QED) is 0.0466. The van der Waals surface area contributed by atoms with Gasteiger partial charge in [0.15, 0.2) is 26.8 Å². The van der Waals surface area contributed by atoms with E-state index in [-0.39, 0.29) is 116 Å². The van der Waals surface area contributed by atoms with E-state index in [9.17, 15) is 65.4 Å². The number of Topliss-reactive ketones (excluding diaryl/α,β-unsaturated/α-hetero) is 1. The number of aliphatic hydroxyl groups excluding tert-OH is 2. The number of amides is 5. The van der Waals surface area contributed by atoms with Gasteiger partial charge in [0, 0.05) is 100 Å². The monoisotopic (exact) mass is 1890 g/mol. The van der Waals surface area contributed by atoms with Crippen LogP contribution in [0.15, 0.2) is 72.1 Å². The Morgan fingerprint density at radius 1 is 0.543 bits per heavy atom. The molecule has 2 aromatic heterocycles. The van der Waals surface area contributed by atoms with Gasteiger partial charge < -0.3 is 54.2 Å². The minimum atomic E-state index is -3.63. The Morgan fingerprint density at radius 3 is 1.62 bits per heavy atom. The molecule has 15 aliphatic heterocycles. The average Bonchev–Trinajstić information content (AvgIpc) is 1.59. The van der Waals surface area contributed by atoms with Crippen LogP contribution in [0.2, 0.25) is 10.0 Å². The lowest BCUT2D eigenvalue weighted by Gasteiger charge is -2.25. The molecule has 15 aliphatic rings. The highest BCUT2D eigenvalue weighted by Gasteiger charge is 2.49. The summed E-state index contributed by atoms with van der Waals surface area (Å²) < 4.78 is 69.0. The summed E-state index contributed by atoms with van der Waals surface area (Å²) in [7, 11) is -4.23. The van der Waals surface area contributed by atoms with Crippen molar-refractivity contribution in [2.75, 3.05) is 99.2 Å². The number of carboxylic acid groups (broad SMARTS) is 2. The minimum Gasteiger partial charge on any atom is -0.480 e. The number of fused-ring (bicyclic) bond motifs is 8. The smallest absolute Gasteiger partial charge is 0.326 e. The fourth-order valence-corrected chi connectivity index (χ4v) is 26.1. The normalized spacial score (nSPS) is 28.0. The molecule has 3 unspecified atom stereocenters. The summed E-state index contributed by atoms with van der Waals surface area (Å²) in [5.41, 5.74) is 3.28. The molecule has 0 radical (unpaired) electrons. The van der Waals surface area contributed by atoms with Crippen molar-refractivity contribution < 1.29 is 93.5 Å². The summed E-state index contributed by atoms with van der Waals surface area (Å²) in [5, 5.41) is 40.9. The maximum absolute atomic E-state index is 13.5. The summed E-state index contributed by atoms with van der Waals surface area (Å²) in [4.78, 5) is 119. The molecule has 5 amide bonds. The average molecular weight is 1900 g/mol. The molecular weight excluding hydrogens is 1760 g/mol. The van der Waals surface area contributed by atoms with Gasteiger partial charge in [0.2, 0.25) is 35.4 Å². The third-order valence-corrected chi connectivity index (χ3v) is 33.5. The Hall–Kier alpha value is -6.97. The van der Waals surface area contributed by atoms with Crippen LogP contribution in [0.4, 0.5) is 0 Å². The van der Waals surface area contributed by atoms with Crippen LogP contribution in [0, 0.1) is 6.92 Å².